The molecule has 0 aliphatic heterocycles. The van der Waals surface area contributed by atoms with Gasteiger partial charge in [-0.1, -0.05) is 48.5 Å². The van der Waals surface area contributed by atoms with Crippen molar-refractivity contribution in [2.75, 3.05) is 0 Å². The Morgan fingerprint density at radius 3 is 2.68 bits per heavy atom. The van der Waals surface area contributed by atoms with Gasteiger partial charge in [0.2, 0.25) is 0 Å². The van der Waals surface area contributed by atoms with Gasteiger partial charge in [0, 0.05) is 15.4 Å². The van der Waals surface area contributed by atoms with Crippen LogP contribution in [0.5, 0.6) is 0 Å². The van der Waals surface area contributed by atoms with Gasteiger partial charge in [-0.25, -0.2) is 4.39 Å². The zero-order valence-electron chi connectivity index (χ0n) is 17.1. The Bertz CT molecular complexity index is 925. The molecule has 148 valence electrons. The van der Waals surface area contributed by atoms with E-state index in [1.165, 1.54) is 46.0 Å². The minimum absolute atomic E-state index is 0.0567. The highest BCUT2D eigenvalue weighted by Gasteiger charge is 2.17. The van der Waals surface area contributed by atoms with Gasteiger partial charge in [-0.3, -0.25) is 0 Å². The first-order valence-corrected chi connectivity index (χ1v) is 11.3. The molecule has 0 aromatic heterocycles. The number of thioether (sulfide) groups is 1. The molecule has 0 unspecified atom stereocenters. The van der Waals surface area contributed by atoms with Crippen LogP contribution in [0, 0.1) is 19.7 Å². The van der Waals surface area contributed by atoms with E-state index in [0.29, 0.717) is 5.56 Å². The summed E-state index contributed by atoms with van der Waals surface area (Å²) >= 11 is 6.03. The molecular formula is C25H29FS2. The van der Waals surface area contributed by atoms with E-state index < -0.39 is 0 Å². The Hall–Kier alpha value is -1.45. The molecule has 0 saturated carbocycles. The highest BCUT2D eigenvalue weighted by molar-refractivity contribution is 8.10. The van der Waals surface area contributed by atoms with Crippen LogP contribution in [0.2, 0.25) is 0 Å². The quantitative estimate of drug-likeness (QED) is 0.385. The lowest BCUT2D eigenvalue weighted by Gasteiger charge is -2.13. The summed E-state index contributed by atoms with van der Waals surface area (Å²) in [6.45, 7) is 10.5. The van der Waals surface area contributed by atoms with E-state index in [9.17, 15) is 0 Å². The molecule has 3 rings (SSSR count). The van der Waals surface area contributed by atoms with E-state index >= 15 is 4.39 Å². The predicted molar refractivity (Wildman–Crippen MR) is 125 cm³/mol. The van der Waals surface area contributed by atoms with Crippen molar-refractivity contribution >= 4 is 29.3 Å². The van der Waals surface area contributed by atoms with Crippen LogP contribution in [-0.4, -0.2) is 0 Å². The van der Waals surface area contributed by atoms with Crippen LogP contribution in [0.4, 0.5) is 4.39 Å². The first-order valence-electron chi connectivity index (χ1n) is 9.97. The number of benzene rings is 2. The van der Waals surface area contributed by atoms with Crippen molar-refractivity contribution in [1.29, 1.82) is 0 Å². The lowest BCUT2D eigenvalue weighted by Crippen LogP contribution is -1.99. The predicted octanol–water partition coefficient (Wildman–Crippen LogP) is 7.85. The van der Waals surface area contributed by atoms with Crippen LogP contribution < -0.4 is 0 Å². The average Bonchev–Trinajstić information content (AvgIpc) is 2.90. The van der Waals surface area contributed by atoms with Crippen molar-refractivity contribution in [1.82, 2.24) is 0 Å². The molecule has 0 amide bonds. The van der Waals surface area contributed by atoms with Gasteiger partial charge in [0.25, 0.3) is 0 Å². The summed E-state index contributed by atoms with van der Waals surface area (Å²) in [6.07, 6.45) is 6.16. The van der Waals surface area contributed by atoms with Crippen molar-refractivity contribution in [2.45, 2.75) is 64.2 Å². The Morgan fingerprint density at radius 1 is 1.14 bits per heavy atom. The van der Waals surface area contributed by atoms with Gasteiger partial charge < -0.3 is 0 Å². The Morgan fingerprint density at radius 2 is 1.89 bits per heavy atom. The van der Waals surface area contributed by atoms with Crippen molar-refractivity contribution in [3.05, 3.63) is 81.0 Å². The summed E-state index contributed by atoms with van der Waals surface area (Å²) in [7, 11) is 0. The van der Waals surface area contributed by atoms with Crippen molar-refractivity contribution in [3.8, 4) is 0 Å². The van der Waals surface area contributed by atoms with Crippen molar-refractivity contribution < 1.29 is 4.39 Å². The summed E-state index contributed by atoms with van der Waals surface area (Å²) < 4.78 is 15.1. The van der Waals surface area contributed by atoms with E-state index in [1.807, 2.05) is 6.07 Å². The third-order valence-corrected chi connectivity index (χ3v) is 7.05. The molecule has 0 nitrogen and oxygen atoms in total. The summed E-state index contributed by atoms with van der Waals surface area (Å²) in [5.41, 5.74) is 7.75. The number of aryl methyl sites for hydroxylation is 3. The normalized spacial score (nSPS) is 14.5. The Kier molecular flexibility index (Phi) is 7.11. The SMILES string of the molecule is C=C(S/C=C(\C)Cc1cc(C)c(S)cc1C)c1ccc2c(c1F)CCCCC2. The van der Waals surface area contributed by atoms with Gasteiger partial charge in [0.05, 0.1) is 0 Å². The number of rotatable bonds is 5. The van der Waals surface area contributed by atoms with Crippen LogP contribution in [-0.2, 0) is 19.3 Å². The highest BCUT2D eigenvalue weighted by Crippen LogP contribution is 2.34. The van der Waals surface area contributed by atoms with Crippen LogP contribution >= 0.6 is 24.4 Å². The minimum atomic E-state index is -0.0567. The fourth-order valence-electron chi connectivity index (χ4n) is 3.80. The monoisotopic (exact) mass is 412 g/mol. The van der Waals surface area contributed by atoms with Crippen LogP contribution in [0.25, 0.3) is 4.91 Å². The molecule has 0 saturated heterocycles. The standard InChI is InChI=1S/C25H29FS2/c1-16(12-21-13-18(3)24(27)14-17(21)2)15-28-19(4)22-11-10-20-8-6-5-7-9-23(20)25(22)26/h10-11,13-15,27H,4-9,12H2,1-3H3/b16-15+. The molecule has 1 aliphatic carbocycles. The van der Waals surface area contributed by atoms with Gasteiger partial charge >= 0.3 is 0 Å². The topological polar surface area (TPSA) is 0 Å². The third-order valence-electron chi connectivity index (χ3n) is 5.54. The molecule has 2 aromatic carbocycles. The maximum Gasteiger partial charge on any atom is 0.134 e. The fraction of sp³-hybridized carbons (Fsp3) is 0.360. The highest BCUT2D eigenvalue weighted by atomic mass is 32.2. The maximum atomic E-state index is 15.1. The third kappa shape index (κ3) is 4.93. The molecule has 1 aliphatic rings. The second-order valence-corrected chi connectivity index (χ2v) is 9.32. The molecular weight excluding hydrogens is 383 g/mol. The molecule has 2 aromatic rings. The number of halogens is 1. The molecule has 0 heterocycles. The number of fused-ring (bicyclic) bond motifs is 1. The van der Waals surface area contributed by atoms with Gasteiger partial charge in [0.15, 0.2) is 0 Å². The van der Waals surface area contributed by atoms with E-state index in [0.717, 1.165) is 47.5 Å². The van der Waals surface area contributed by atoms with E-state index in [4.69, 9.17) is 0 Å². The summed E-state index contributed by atoms with van der Waals surface area (Å²) in [5, 5.41) is 2.11. The second-order valence-electron chi connectivity index (χ2n) is 7.87. The molecule has 0 fully saturated rings. The number of allylic oxidation sites excluding steroid dienone is 1. The van der Waals surface area contributed by atoms with E-state index in [-0.39, 0.29) is 5.82 Å². The smallest absolute Gasteiger partial charge is 0.134 e. The largest absolute Gasteiger partial charge is 0.206 e. The molecule has 0 atom stereocenters. The lowest BCUT2D eigenvalue weighted by molar-refractivity contribution is 0.601. The van der Waals surface area contributed by atoms with E-state index in [1.54, 1.807) is 0 Å². The van der Waals surface area contributed by atoms with Gasteiger partial charge in [0.1, 0.15) is 5.82 Å². The summed E-state index contributed by atoms with van der Waals surface area (Å²) in [4.78, 5) is 1.81. The van der Waals surface area contributed by atoms with Crippen LogP contribution in [0.15, 0.2) is 46.7 Å². The Balaban J connectivity index is 1.73. The molecule has 0 spiro atoms. The van der Waals surface area contributed by atoms with Gasteiger partial charge in [-0.05, 0) is 92.2 Å². The zero-order valence-corrected chi connectivity index (χ0v) is 18.8. The zero-order chi connectivity index (χ0) is 20.3. The van der Waals surface area contributed by atoms with Crippen molar-refractivity contribution in [3.63, 3.8) is 0 Å². The molecule has 0 radical (unpaired) electrons. The molecule has 0 N–H and O–H groups in total. The number of thiol groups is 1. The molecule has 0 bridgehead atoms. The second kappa shape index (κ2) is 9.37. The van der Waals surface area contributed by atoms with Crippen LogP contribution in [0.3, 0.4) is 0 Å². The maximum absolute atomic E-state index is 15.1. The van der Waals surface area contributed by atoms with E-state index in [2.05, 4.69) is 63.6 Å². The molecule has 3 heteroatoms. The van der Waals surface area contributed by atoms with Gasteiger partial charge in [-0.2, -0.15) is 0 Å². The molecule has 28 heavy (non-hydrogen) atoms. The fourth-order valence-corrected chi connectivity index (χ4v) is 4.77. The Labute approximate surface area is 178 Å². The lowest BCUT2D eigenvalue weighted by atomic mass is 9.99. The van der Waals surface area contributed by atoms with Crippen molar-refractivity contribution in [2.24, 2.45) is 0 Å². The van der Waals surface area contributed by atoms with Gasteiger partial charge in [-0.15, -0.1) is 12.6 Å². The first kappa shape index (κ1) is 21.3. The minimum Gasteiger partial charge on any atom is -0.206 e. The first-order chi connectivity index (χ1) is 13.4. The number of hydrogen-bond donors (Lipinski definition) is 1. The van der Waals surface area contributed by atoms with Crippen LogP contribution in [0.1, 0.15) is 59.6 Å². The summed E-state index contributed by atoms with van der Waals surface area (Å²) in [6, 6.07) is 8.35. The average molecular weight is 413 g/mol. The summed E-state index contributed by atoms with van der Waals surface area (Å²) in [5.74, 6) is -0.0567. The number of hydrogen-bond acceptors (Lipinski definition) is 2.